The number of anilines is 2. The molecule has 1 heterocycles. The highest BCUT2D eigenvalue weighted by molar-refractivity contribution is 5.38. The van der Waals surface area contributed by atoms with Crippen molar-refractivity contribution in [2.75, 3.05) is 24.3 Å². The summed E-state index contributed by atoms with van der Waals surface area (Å²) in [5.41, 5.74) is -1.55. The maximum absolute atomic E-state index is 10.1. The fraction of sp³-hybridized carbons (Fsp3) is 0.750. The van der Waals surface area contributed by atoms with Gasteiger partial charge in [0.05, 0.1) is 18.2 Å². The van der Waals surface area contributed by atoms with Gasteiger partial charge in [0.1, 0.15) is 0 Å². The smallest absolute Gasteiger partial charge is 0.322 e. The molecule has 0 saturated carbocycles. The summed E-state index contributed by atoms with van der Waals surface area (Å²) >= 11 is 0. The van der Waals surface area contributed by atoms with Gasteiger partial charge in [0.15, 0.2) is 0 Å². The maximum Gasteiger partial charge on any atom is 0.322 e. The van der Waals surface area contributed by atoms with Crippen LogP contribution in [0.3, 0.4) is 0 Å². The average Bonchev–Trinajstić information content (AvgIpc) is 2.26. The average molecular weight is 269 g/mol. The molecule has 0 saturated heterocycles. The Morgan fingerprint density at radius 3 is 2.16 bits per heavy atom. The molecule has 1 aromatic heterocycles. The molecular formula is C12H23N5O2. The van der Waals surface area contributed by atoms with Gasteiger partial charge in [-0.1, -0.05) is 0 Å². The van der Waals surface area contributed by atoms with Crippen molar-refractivity contribution in [2.24, 2.45) is 0 Å². The summed E-state index contributed by atoms with van der Waals surface area (Å²) in [5, 5.41) is 16.2. The second-order valence-corrected chi connectivity index (χ2v) is 5.31. The molecule has 0 aromatic carbocycles. The Hall–Kier alpha value is -1.63. The van der Waals surface area contributed by atoms with E-state index in [9.17, 15) is 5.11 Å². The van der Waals surface area contributed by atoms with E-state index in [-0.39, 0.29) is 6.01 Å². The number of aliphatic hydroxyl groups is 1. The number of nitrogens with zero attached hydrogens (tertiary/aromatic N) is 3. The lowest BCUT2D eigenvalue weighted by molar-refractivity contribution is 0.0236. The summed E-state index contributed by atoms with van der Waals surface area (Å²) in [6.45, 7) is 9.84. The van der Waals surface area contributed by atoms with Crippen LogP contribution in [-0.4, -0.2) is 44.9 Å². The molecule has 0 spiro atoms. The fourth-order valence-corrected chi connectivity index (χ4v) is 1.17. The van der Waals surface area contributed by atoms with Crippen LogP contribution >= 0.6 is 0 Å². The summed E-state index contributed by atoms with van der Waals surface area (Å²) in [5.74, 6) is 0.790. The highest BCUT2D eigenvalue weighted by atomic mass is 16.5. The zero-order valence-electron chi connectivity index (χ0n) is 12.4. The first-order chi connectivity index (χ1) is 8.69. The van der Waals surface area contributed by atoms with E-state index in [4.69, 9.17) is 4.74 Å². The van der Waals surface area contributed by atoms with Gasteiger partial charge in [-0.05, 0) is 34.6 Å². The topological polar surface area (TPSA) is 92.2 Å². The first-order valence-corrected chi connectivity index (χ1v) is 6.24. The molecule has 7 nitrogen and oxygen atoms in total. The molecule has 0 radical (unpaired) electrons. The van der Waals surface area contributed by atoms with Crippen molar-refractivity contribution < 1.29 is 9.84 Å². The molecule has 19 heavy (non-hydrogen) atoms. The molecule has 1 rings (SSSR count). The maximum atomic E-state index is 10.1. The lowest BCUT2D eigenvalue weighted by Crippen LogP contribution is -2.51. The van der Waals surface area contributed by atoms with Crippen LogP contribution < -0.4 is 15.4 Å². The molecule has 0 amide bonds. The molecule has 7 heteroatoms. The van der Waals surface area contributed by atoms with E-state index in [0.29, 0.717) is 18.4 Å². The molecule has 0 aliphatic rings. The minimum Gasteiger partial charge on any atom is -0.467 e. The summed E-state index contributed by atoms with van der Waals surface area (Å²) < 4.78 is 5.04. The van der Waals surface area contributed by atoms with Crippen molar-refractivity contribution in [1.82, 2.24) is 15.0 Å². The molecule has 0 atom stereocenters. The van der Waals surface area contributed by atoms with Crippen LogP contribution in [0, 0.1) is 0 Å². The summed E-state index contributed by atoms with van der Waals surface area (Å²) in [4.78, 5) is 12.4. The van der Waals surface area contributed by atoms with Gasteiger partial charge < -0.3 is 20.5 Å². The Morgan fingerprint density at radius 2 is 1.68 bits per heavy atom. The Morgan fingerprint density at radius 1 is 1.11 bits per heavy atom. The number of nitrogens with one attached hydrogen (secondary N) is 2. The third-order valence-electron chi connectivity index (χ3n) is 3.09. The minimum atomic E-state index is -0.939. The third kappa shape index (κ3) is 3.92. The summed E-state index contributed by atoms with van der Waals surface area (Å²) in [6.07, 6.45) is 0. The third-order valence-corrected chi connectivity index (χ3v) is 3.09. The Labute approximate surface area is 113 Å². The molecule has 108 valence electrons. The van der Waals surface area contributed by atoms with Crippen molar-refractivity contribution in [3.8, 4) is 6.01 Å². The second-order valence-electron chi connectivity index (χ2n) is 5.31. The van der Waals surface area contributed by atoms with E-state index in [2.05, 4.69) is 25.6 Å². The van der Waals surface area contributed by atoms with Crippen molar-refractivity contribution in [3.63, 3.8) is 0 Å². The standard InChI is InChI=1S/C12H23N5O2/c1-7-13-8-14-9(16-10(15-8)19-6)17-11(2,3)12(4,5)18/h18H,7H2,1-6H3,(H2,13,14,15,16,17). The van der Waals surface area contributed by atoms with Crippen LogP contribution in [0.2, 0.25) is 0 Å². The van der Waals surface area contributed by atoms with E-state index < -0.39 is 11.1 Å². The normalized spacial score (nSPS) is 12.2. The molecule has 3 N–H and O–H groups in total. The van der Waals surface area contributed by atoms with Gasteiger partial charge >= 0.3 is 6.01 Å². The molecular weight excluding hydrogens is 246 g/mol. The van der Waals surface area contributed by atoms with Crippen LogP contribution in [0.5, 0.6) is 6.01 Å². The highest BCUT2D eigenvalue weighted by Crippen LogP contribution is 2.25. The highest BCUT2D eigenvalue weighted by Gasteiger charge is 2.35. The number of aromatic nitrogens is 3. The lowest BCUT2D eigenvalue weighted by Gasteiger charge is -2.37. The molecule has 0 aliphatic carbocycles. The van der Waals surface area contributed by atoms with Crippen LogP contribution in [-0.2, 0) is 0 Å². The largest absolute Gasteiger partial charge is 0.467 e. The molecule has 1 aromatic rings. The van der Waals surface area contributed by atoms with E-state index in [1.165, 1.54) is 7.11 Å². The zero-order valence-corrected chi connectivity index (χ0v) is 12.4. The molecule has 0 aliphatic heterocycles. The fourth-order valence-electron chi connectivity index (χ4n) is 1.17. The van der Waals surface area contributed by atoms with Crippen LogP contribution in [0.25, 0.3) is 0 Å². The Balaban J connectivity index is 3.03. The first kappa shape index (κ1) is 15.4. The van der Waals surface area contributed by atoms with Gasteiger partial charge in [-0.3, -0.25) is 0 Å². The van der Waals surface area contributed by atoms with Gasteiger partial charge in [-0.15, -0.1) is 0 Å². The van der Waals surface area contributed by atoms with Crippen molar-refractivity contribution >= 4 is 11.9 Å². The Kier molecular flexibility index (Phi) is 4.52. The van der Waals surface area contributed by atoms with E-state index in [1.807, 2.05) is 20.8 Å². The number of hydrogen-bond acceptors (Lipinski definition) is 7. The SMILES string of the molecule is CCNc1nc(NC(C)(C)C(C)(C)O)nc(OC)n1. The molecule has 0 fully saturated rings. The summed E-state index contributed by atoms with van der Waals surface area (Å²) in [6, 6.07) is 0.222. The lowest BCUT2D eigenvalue weighted by atomic mass is 9.86. The predicted octanol–water partition coefficient (Wildman–Crippen LogP) is 1.27. The van der Waals surface area contributed by atoms with Gasteiger partial charge in [0, 0.05) is 6.54 Å². The van der Waals surface area contributed by atoms with Gasteiger partial charge in [0.25, 0.3) is 0 Å². The van der Waals surface area contributed by atoms with E-state index >= 15 is 0 Å². The quantitative estimate of drug-likeness (QED) is 0.716. The summed E-state index contributed by atoms with van der Waals surface area (Å²) in [7, 11) is 1.50. The van der Waals surface area contributed by atoms with E-state index in [1.54, 1.807) is 13.8 Å². The Bertz CT molecular complexity index is 429. The van der Waals surface area contributed by atoms with Crippen molar-refractivity contribution in [2.45, 2.75) is 45.8 Å². The predicted molar refractivity (Wildman–Crippen MR) is 74.5 cm³/mol. The van der Waals surface area contributed by atoms with Crippen molar-refractivity contribution in [1.29, 1.82) is 0 Å². The van der Waals surface area contributed by atoms with Gasteiger partial charge in [0.2, 0.25) is 11.9 Å². The minimum absolute atomic E-state index is 0.222. The number of rotatable bonds is 6. The number of methoxy groups -OCH3 is 1. The van der Waals surface area contributed by atoms with Gasteiger partial charge in [-0.2, -0.15) is 15.0 Å². The zero-order chi connectivity index (χ0) is 14.7. The number of ether oxygens (including phenoxy) is 1. The first-order valence-electron chi connectivity index (χ1n) is 6.24. The number of hydrogen-bond donors (Lipinski definition) is 3. The molecule has 0 unspecified atom stereocenters. The second kappa shape index (κ2) is 5.56. The van der Waals surface area contributed by atoms with Gasteiger partial charge in [-0.25, -0.2) is 0 Å². The van der Waals surface area contributed by atoms with Crippen LogP contribution in [0.4, 0.5) is 11.9 Å². The van der Waals surface area contributed by atoms with Crippen LogP contribution in [0.1, 0.15) is 34.6 Å². The van der Waals surface area contributed by atoms with E-state index in [0.717, 1.165) is 0 Å². The molecule has 0 bridgehead atoms. The van der Waals surface area contributed by atoms with Crippen molar-refractivity contribution in [3.05, 3.63) is 0 Å². The monoisotopic (exact) mass is 269 g/mol. The van der Waals surface area contributed by atoms with Crippen LogP contribution in [0.15, 0.2) is 0 Å².